The Kier molecular flexibility index (Phi) is 8.94. The van der Waals surface area contributed by atoms with Crippen LogP contribution in [0.5, 0.6) is 0 Å². The number of benzene rings is 1. The molecule has 212 valence electrons. The Morgan fingerprint density at radius 1 is 1.07 bits per heavy atom. The van der Waals surface area contributed by atoms with Crippen LogP contribution in [0.3, 0.4) is 0 Å². The van der Waals surface area contributed by atoms with Crippen LogP contribution in [0.1, 0.15) is 39.5 Å². The lowest BCUT2D eigenvalue weighted by Crippen LogP contribution is -2.59. The number of aromatic nitrogens is 3. The average Bonchev–Trinajstić information content (AvgIpc) is 3.64. The number of carbonyl (C=O) groups is 1. The molecule has 4 aromatic rings. The second-order valence-electron chi connectivity index (χ2n) is 10.0. The van der Waals surface area contributed by atoms with Crippen molar-refractivity contribution in [2.45, 2.75) is 56.3 Å². The monoisotopic (exact) mass is 580 g/mol. The van der Waals surface area contributed by atoms with E-state index in [1.807, 2.05) is 30.3 Å². The average molecular weight is 581 g/mol. The summed E-state index contributed by atoms with van der Waals surface area (Å²) in [7, 11) is -3.79. The largest absolute Gasteiger partial charge is 0.325 e. The first kappa shape index (κ1) is 28.4. The van der Waals surface area contributed by atoms with Crippen molar-refractivity contribution >= 4 is 44.0 Å². The smallest absolute Gasteiger partial charge is 0.253 e. The predicted octanol–water partition coefficient (Wildman–Crippen LogP) is 5.07. The number of fused-ring (bicyclic) bond motifs is 1. The van der Waals surface area contributed by atoms with E-state index in [0.29, 0.717) is 18.8 Å². The molecule has 0 bridgehead atoms. The Bertz CT molecular complexity index is 1540. The molecule has 1 saturated heterocycles. The van der Waals surface area contributed by atoms with Crippen LogP contribution in [0, 0.1) is 0 Å². The number of thiophene rings is 1. The third-order valence-electron chi connectivity index (χ3n) is 7.37. The summed E-state index contributed by atoms with van der Waals surface area (Å²) in [5.41, 5.74) is 3.28. The van der Waals surface area contributed by atoms with Gasteiger partial charge in [-0.15, -0.1) is 11.3 Å². The van der Waals surface area contributed by atoms with Crippen molar-refractivity contribution in [1.29, 1.82) is 0 Å². The summed E-state index contributed by atoms with van der Waals surface area (Å²) in [5, 5.41) is 4.75. The summed E-state index contributed by atoms with van der Waals surface area (Å²) >= 11 is 1.18. The lowest BCUT2D eigenvalue weighted by atomic mass is 10.1. The van der Waals surface area contributed by atoms with E-state index >= 15 is 0 Å². The van der Waals surface area contributed by atoms with E-state index in [0.717, 1.165) is 54.8 Å². The van der Waals surface area contributed by atoms with Gasteiger partial charge in [0.15, 0.2) is 0 Å². The number of nitrogens with one attached hydrogen (secondary N) is 1. The molecule has 4 heterocycles. The van der Waals surface area contributed by atoms with E-state index in [1.54, 1.807) is 29.9 Å². The molecule has 1 amide bonds. The summed E-state index contributed by atoms with van der Waals surface area (Å²) in [6.07, 6.45) is 7.99. The molecule has 9 nitrogen and oxygen atoms in total. The number of hydrogen-bond acceptors (Lipinski definition) is 7. The Hall–Kier alpha value is -3.12. The van der Waals surface area contributed by atoms with Gasteiger partial charge in [0.1, 0.15) is 16.1 Å². The van der Waals surface area contributed by atoms with Crippen molar-refractivity contribution in [3.63, 3.8) is 0 Å². The summed E-state index contributed by atoms with van der Waals surface area (Å²) in [5.74, 6) is 0.504. The van der Waals surface area contributed by atoms with Crippen molar-refractivity contribution < 1.29 is 13.2 Å². The van der Waals surface area contributed by atoms with E-state index in [1.165, 1.54) is 22.1 Å². The van der Waals surface area contributed by atoms with Crippen LogP contribution in [0.4, 0.5) is 5.69 Å². The fourth-order valence-corrected chi connectivity index (χ4v) is 7.98. The van der Waals surface area contributed by atoms with Crippen molar-refractivity contribution in [2.24, 2.45) is 0 Å². The molecule has 3 aromatic heterocycles. The number of amides is 1. The molecule has 40 heavy (non-hydrogen) atoms. The summed E-state index contributed by atoms with van der Waals surface area (Å²) in [6.45, 7) is 7.10. The van der Waals surface area contributed by atoms with Crippen LogP contribution in [-0.2, 0) is 21.4 Å². The summed E-state index contributed by atoms with van der Waals surface area (Å²) in [4.78, 5) is 24.9. The lowest BCUT2D eigenvalue weighted by Gasteiger charge is -2.39. The van der Waals surface area contributed by atoms with Crippen molar-refractivity contribution in [2.75, 3.05) is 31.5 Å². The van der Waals surface area contributed by atoms with E-state index in [4.69, 9.17) is 4.98 Å². The third-order valence-corrected chi connectivity index (χ3v) is 10.7. The molecule has 0 aliphatic carbocycles. The molecule has 1 aromatic carbocycles. The van der Waals surface area contributed by atoms with Gasteiger partial charge in [-0.25, -0.2) is 13.4 Å². The molecule has 11 heteroatoms. The minimum Gasteiger partial charge on any atom is -0.325 e. The van der Waals surface area contributed by atoms with Gasteiger partial charge in [0.2, 0.25) is 5.91 Å². The first-order valence-electron chi connectivity index (χ1n) is 13.9. The number of sulfonamides is 1. The van der Waals surface area contributed by atoms with E-state index in [9.17, 15) is 13.2 Å². The number of rotatable bonds is 11. The second kappa shape index (κ2) is 12.6. The topological polar surface area (TPSA) is 100 Å². The number of hydrogen-bond donors (Lipinski definition) is 1. The number of imidazole rings is 1. The molecule has 1 fully saturated rings. The van der Waals surface area contributed by atoms with Crippen molar-refractivity contribution in [3.8, 4) is 11.4 Å². The zero-order valence-electron chi connectivity index (χ0n) is 23.0. The van der Waals surface area contributed by atoms with Crippen LogP contribution < -0.4 is 5.32 Å². The Balaban J connectivity index is 1.40. The molecule has 1 aliphatic rings. The van der Waals surface area contributed by atoms with Gasteiger partial charge in [0.25, 0.3) is 10.0 Å². The molecule has 0 spiro atoms. The highest BCUT2D eigenvalue weighted by Gasteiger charge is 2.40. The molecule has 0 unspecified atom stereocenters. The Labute approximate surface area is 239 Å². The normalized spacial score (nSPS) is 16.9. The quantitative estimate of drug-likeness (QED) is 0.249. The Morgan fingerprint density at radius 2 is 1.90 bits per heavy atom. The number of aryl methyl sites for hydroxylation is 1. The molecular weight excluding hydrogens is 544 g/mol. The maximum absolute atomic E-state index is 13.7. The molecule has 1 N–H and O–H groups in total. The minimum atomic E-state index is -3.79. The number of piperazine rings is 1. The standard InChI is InChI=1S/C29H36N6O3S2/c1-3-5-6-7-16-33-17-18-35(40(37,38)27-9-8-19-39-27)26(21-33)29(36)31-23-10-11-25-24(20-23)32-28(34(25)4-2)22-12-14-30-15-13-22/h8-15,19-20,26H,3-7,16-18,21H2,1-2H3,(H,31,36)/t26-/m0/s1. The van der Waals surface area contributed by atoms with Gasteiger partial charge in [0, 0.05) is 49.8 Å². The first-order chi connectivity index (χ1) is 19.4. The second-order valence-corrected chi connectivity index (χ2v) is 13.1. The molecular formula is C29H36N6O3S2. The van der Waals surface area contributed by atoms with Crippen LogP contribution in [0.25, 0.3) is 22.4 Å². The van der Waals surface area contributed by atoms with Gasteiger partial charge in [-0.2, -0.15) is 4.31 Å². The highest BCUT2D eigenvalue weighted by atomic mass is 32.2. The van der Waals surface area contributed by atoms with E-state index < -0.39 is 16.1 Å². The van der Waals surface area contributed by atoms with Crippen molar-refractivity contribution in [3.05, 3.63) is 60.2 Å². The van der Waals surface area contributed by atoms with Crippen molar-refractivity contribution in [1.82, 2.24) is 23.7 Å². The van der Waals surface area contributed by atoms with E-state index in [2.05, 4.69) is 33.6 Å². The van der Waals surface area contributed by atoms with Crippen LogP contribution in [0.15, 0.2) is 64.4 Å². The van der Waals surface area contributed by atoms with Crippen LogP contribution in [-0.4, -0.2) is 70.3 Å². The molecule has 1 atom stereocenters. The summed E-state index contributed by atoms with van der Waals surface area (Å²) in [6, 6.07) is 12.0. The molecule has 0 saturated carbocycles. The van der Waals surface area contributed by atoms with Gasteiger partial charge in [0.05, 0.1) is 11.0 Å². The number of unbranched alkanes of at least 4 members (excludes halogenated alkanes) is 3. The predicted molar refractivity (Wildman–Crippen MR) is 160 cm³/mol. The molecule has 0 radical (unpaired) electrons. The highest BCUT2D eigenvalue weighted by molar-refractivity contribution is 7.91. The highest BCUT2D eigenvalue weighted by Crippen LogP contribution is 2.28. The fourth-order valence-electron chi connectivity index (χ4n) is 5.29. The van der Waals surface area contributed by atoms with Gasteiger partial charge in [-0.1, -0.05) is 32.3 Å². The number of nitrogens with zero attached hydrogens (tertiary/aromatic N) is 5. The number of carbonyl (C=O) groups excluding carboxylic acids is 1. The van der Waals surface area contributed by atoms with E-state index in [-0.39, 0.29) is 16.7 Å². The maximum Gasteiger partial charge on any atom is 0.253 e. The molecule has 5 rings (SSSR count). The zero-order chi connectivity index (χ0) is 28.1. The first-order valence-corrected chi connectivity index (χ1v) is 16.2. The zero-order valence-corrected chi connectivity index (χ0v) is 24.6. The van der Waals surface area contributed by atoms with Gasteiger partial charge in [-0.3, -0.25) is 14.7 Å². The lowest BCUT2D eigenvalue weighted by molar-refractivity contribution is -0.121. The van der Waals surface area contributed by atoms with Crippen LogP contribution >= 0.6 is 11.3 Å². The third kappa shape index (κ3) is 5.97. The fraction of sp³-hybridized carbons (Fsp3) is 0.414. The minimum absolute atomic E-state index is 0.261. The SMILES string of the molecule is CCCCCCN1CCN(S(=O)(=O)c2cccs2)[C@H](C(=O)Nc2ccc3c(c2)nc(-c2ccncc2)n3CC)C1. The molecule has 1 aliphatic heterocycles. The number of pyridine rings is 1. The number of anilines is 1. The van der Waals surface area contributed by atoms with Gasteiger partial charge < -0.3 is 9.88 Å². The Morgan fingerprint density at radius 3 is 2.62 bits per heavy atom. The van der Waals surface area contributed by atoms with Gasteiger partial charge in [-0.05, 0) is 61.7 Å². The summed E-state index contributed by atoms with van der Waals surface area (Å²) < 4.78 is 30.8. The maximum atomic E-state index is 13.7. The van der Waals surface area contributed by atoms with Gasteiger partial charge >= 0.3 is 0 Å². The van der Waals surface area contributed by atoms with Crippen LogP contribution in [0.2, 0.25) is 0 Å².